The molecule has 2 rings (SSSR count). The van der Waals surface area contributed by atoms with E-state index in [-0.39, 0.29) is 6.10 Å². The number of hydrogen-bond donors (Lipinski definition) is 1. The summed E-state index contributed by atoms with van der Waals surface area (Å²) in [5.41, 5.74) is 0. The van der Waals surface area contributed by atoms with E-state index in [0.717, 1.165) is 37.6 Å². The van der Waals surface area contributed by atoms with Crippen LogP contribution in [0, 0.1) is 0 Å². The van der Waals surface area contributed by atoms with Crippen molar-refractivity contribution in [3.8, 4) is 11.5 Å². The largest absolute Gasteiger partial charge is 0.490 e. The second kappa shape index (κ2) is 6.61. The molecule has 0 bridgehead atoms. The summed E-state index contributed by atoms with van der Waals surface area (Å²) in [4.78, 5) is 2.22. The molecule has 1 heterocycles. The molecular weight excluding hydrogens is 230 g/mol. The van der Waals surface area contributed by atoms with Crippen molar-refractivity contribution in [2.24, 2.45) is 0 Å². The van der Waals surface area contributed by atoms with E-state index in [1.165, 1.54) is 0 Å². The Morgan fingerprint density at radius 2 is 2.00 bits per heavy atom. The van der Waals surface area contributed by atoms with Crippen molar-refractivity contribution in [3.63, 3.8) is 0 Å². The van der Waals surface area contributed by atoms with Crippen molar-refractivity contribution in [1.82, 2.24) is 4.90 Å². The minimum Gasteiger partial charge on any atom is -0.490 e. The van der Waals surface area contributed by atoms with Crippen LogP contribution in [0.3, 0.4) is 0 Å². The highest BCUT2D eigenvalue weighted by molar-refractivity contribution is 5.39. The highest BCUT2D eigenvalue weighted by Crippen LogP contribution is 2.26. The van der Waals surface area contributed by atoms with Crippen LogP contribution in [-0.4, -0.2) is 49.0 Å². The van der Waals surface area contributed by atoms with Gasteiger partial charge >= 0.3 is 0 Å². The molecule has 1 N–H and O–H groups in total. The monoisotopic (exact) mass is 251 g/mol. The zero-order chi connectivity index (χ0) is 12.8. The van der Waals surface area contributed by atoms with Gasteiger partial charge in [-0.05, 0) is 25.5 Å². The van der Waals surface area contributed by atoms with E-state index in [1.807, 2.05) is 31.2 Å². The molecule has 0 aromatic heterocycles. The normalized spacial score (nSPS) is 20.0. The fourth-order valence-corrected chi connectivity index (χ4v) is 2.14. The predicted octanol–water partition coefficient (Wildman–Crippen LogP) is 1.53. The number of rotatable bonds is 6. The number of benzene rings is 1. The van der Waals surface area contributed by atoms with Crippen LogP contribution >= 0.6 is 0 Å². The van der Waals surface area contributed by atoms with E-state index < -0.39 is 0 Å². The Labute approximate surface area is 108 Å². The third-order valence-corrected chi connectivity index (χ3v) is 3.06. The maximum atomic E-state index is 9.43. The van der Waals surface area contributed by atoms with Crippen molar-refractivity contribution >= 4 is 0 Å². The Morgan fingerprint density at radius 1 is 1.28 bits per heavy atom. The van der Waals surface area contributed by atoms with Crippen molar-refractivity contribution in [1.29, 1.82) is 0 Å². The Kier molecular flexibility index (Phi) is 4.84. The molecule has 1 unspecified atom stereocenters. The average molecular weight is 251 g/mol. The number of aliphatic hydroxyl groups is 1. The van der Waals surface area contributed by atoms with Crippen LogP contribution in [0.25, 0.3) is 0 Å². The van der Waals surface area contributed by atoms with E-state index in [2.05, 4.69) is 4.90 Å². The standard InChI is InChI=1S/C14H21NO3/c1-2-17-13-5-3-4-6-14(13)18-10-9-15-8-7-12(16)11-15/h3-6,12,16H,2,7-11H2,1H3. The summed E-state index contributed by atoms with van der Waals surface area (Å²) in [6.07, 6.45) is 0.705. The lowest BCUT2D eigenvalue weighted by molar-refractivity contribution is 0.166. The van der Waals surface area contributed by atoms with Gasteiger partial charge in [0.2, 0.25) is 0 Å². The molecule has 18 heavy (non-hydrogen) atoms. The SMILES string of the molecule is CCOc1ccccc1OCCN1CCC(O)C1. The summed E-state index contributed by atoms with van der Waals surface area (Å²) in [7, 11) is 0. The van der Waals surface area contributed by atoms with Crippen molar-refractivity contribution < 1.29 is 14.6 Å². The lowest BCUT2D eigenvalue weighted by atomic mass is 10.3. The van der Waals surface area contributed by atoms with Gasteiger partial charge in [0.1, 0.15) is 6.61 Å². The van der Waals surface area contributed by atoms with Gasteiger partial charge in [0.05, 0.1) is 12.7 Å². The van der Waals surface area contributed by atoms with Gasteiger partial charge in [-0.1, -0.05) is 12.1 Å². The number of para-hydroxylation sites is 2. The maximum Gasteiger partial charge on any atom is 0.161 e. The van der Waals surface area contributed by atoms with Crippen LogP contribution in [0.15, 0.2) is 24.3 Å². The third-order valence-electron chi connectivity index (χ3n) is 3.06. The number of ether oxygens (including phenoxy) is 2. The van der Waals surface area contributed by atoms with Crippen LogP contribution in [0.5, 0.6) is 11.5 Å². The Morgan fingerprint density at radius 3 is 2.61 bits per heavy atom. The molecule has 4 heteroatoms. The first kappa shape index (κ1) is 13.2. The summed E-state index contributed by atoms with van der Waals surface area (Å²) >= 11 is 0. The fraction of sp³-hybridized carbons (Fsp3) is 0.571. The number of nitrogens with zero attached hydrogens (tertiary/aromatic N) is 1. The molecule has 1 aliphatic heterocycles. The van der Waals surface area contributed by atoms with Crippen LogP contribution in [0.2, 0.25) is 0 Å². The molecule has 4 nitrogen and oxygen atoms in total. The second-order valence-corrected chi connectivity index (χ2v) is 4.47. The molecule has 100 valence electrons. The highest BCUT2D eigenvalue weighted by Gasteiger charge is 2.19. The quantitative estimate of drug-likeness (QED) is 0.832. The topological polar surface area (TPSA) is 41.9 Å². The van der Waals surface area contributed by atoms with Crippen LogP contribution < -0.4 is 9.47 Å². The van der Waals surface area contributed by atoms with Gasteiger partial charge in [0.25, 0.3) is 0 Å². The molecule has 1 fully saturated rings. The van der Waals surface area contributed by atoms with Crippen LogP contribution in [-0.2, 0) is 0 Å². The Hall–Kier alpha value is -1.26. The molecule has 0 aliphatic carbocycles. The van der Waals surface area contributed by atoms with Crippen LogP contribution in [0.4, 0.5) is 0 Å². The van der Waals surface area contributed by atoms with Gasteiger partial charge in [-0.3, -0.25) is 4.90 Å². The molecular formula is C14H21NO3. The molecule has 1 saturated heterocycles. The number of β-amino-alcohol motifs (C(OH)–C–C–N with tert-alkyl or cyclic N) is 1. The summed E-state index contributed by atoms with van der Waals surface area (Å²) in [5.74, 6) is 1.58. The number of hydrogen-bond acceptors (Lipinski definition) is 4. The van der Waals surface area contributed by atoms with E-state index in [0.29, 0.717) is 13.2 Å². The summed E-state index contributed by atoms with van der Waals surface area (Å²) in [6, 6.07) is 7.72. The van der Waals surface area contributed by atoms with E-state index in [1.54, 1.807) is 0 Å². The summed E-state index contributed by atoms with van der Waals surface area (Å²) < 4.78 is 11.2. The van der Waals surface area contributed by atoms with Gasteiger partial charge in [-0.25, -0.2) is 0 Å². The first-order chi connectivity index (χ1) is 8.79. The number of aliphatic hydroxyl groups excluding tert-OH is 1. The number of likely N-dealkylation sites (tertiary alicyclic amines) is 1. The summed E-state index contributed by atoms with van der Waals surface area (Å²) in [6.45, 7) is 5.78. The van der Waals surface area contributed by atoms with Crippen LogP contribution in [0.1, 0.15) is 13.3 Å². The maximum absolute atomic E-state index is 9.43. The van der Waals surface area contributed by atoms with Gasteiger partial charge in [0.15, 0.2) is 11.5 Å². The van der Waals surface area contributed by atoms with Gasteiger partial charge in [-0.15, -0.1) is 0 Å². The van der Waals surface area contributed by atoms with E-state index in [4.69, 9.17) is 9.47 Å². The Bertz CT molecular complexity index is 370. The van der Waals surface area contributed by atoms with Gasteiger partial charge < -0.3 is 14.6 Å². The predicted molar refractivity (Wildman–Crippen MR) is 70.2 cm³/mol. The zero-order valence-corrected chi connectivity index (χ0v) is 10.8. The summed E-state index contributed by atoms with van der Waals surface area (Å²) in [5, 5.41) is 9.43. The minimum atomic E-state index is -0.166. The first-order valence-electron chi connectivity index (χ1n) is 6.54. The van der Waals surface area contributed by atoms with Crippen molar-refractivity contribution in [3.05, 3.63) is 24.3 Å². The average Bonchev–Trinajstić information content (AvgIpc) is 2.78. The third kappa shape index (κ3) is 3.62. The fourth-order valence-electron chi connectivity index (χ4n) is 2.14. The molecule has 1 aliphatic rings. The van der Waals surface area contributed by atoms with E-state index >= 15 is 0 Å². The van der Waals surface area contributed by atoms with Crippen molar-refractivity contribution in [2.75, 3.05) is 32.8 Å². The molecule has 1 atom stereocenters. The molecule has 0 spiro atoms. The van der Waals surface area contributed by atoms with E-state index in [9.17, 15) is 5.11 Å². The molecule has 1 aromatic rings. The smallest absolute Gasteiger partial charge is 0.161 e. The molecule has 0 radical (unpaired) electrons. The molecule has 1 aromatic carbocycles. The van der Waals surface area contributed by atoms with Gasteiger partial charge in [0, 0.05) is 19.6 Å². The minimum absolute atomic E-state index is 0.166. The molecule has 0 amide bonds. The highest BCUT2D eigenvalue weighted by atomic mass is 16.5. The first-order valence-corrected chi connectivity index (χ1v) is 6.54. The molecule has 0 saturated carbocycles. The lowest BCUT2D eigenvalue weighted by Crippen LogP contribution is -2.27. The second-order valence-electron chi connectivity index (χ2n) is 4.47. The zero-order valence-electron chi connectivity index (χ0n) is 10.8. The lowest BCUT2D eigenvalue weighted by Gasteiger charge is -2.16. The van der Waals surface area contributed by atoms with Crippen molar-refractivity contribution in [2.45, 2.75) is 19.4 Å². The Balaban J connectivity index is 1.79. The van der Waals surface area contributed by atoms with Gasteiger partial charge in [-0.2, -0.15) is 0 Å².